The maximum atomic E-state index is 13.4. The number of hydrogen-bond acceptors (Lipinski definition) is 8. The monoisotopic (exact) mass is 611 g/mol. The van der Waals surface area contributed by atoms with Crippen molar-refractivity contribution in [2.75, 3.05) is 18.0 Å². The normalized spacial score (nSPS) is 13.4. The Kier molecular flexibility index (Phi) is 9.06. The lowest BCUT2D eigenvalue weighted by molar-refractivity contribution is -0.364. The maximum Gasteiger partial charge on any atom is 0.573 e. The molecule has 16 heteroatoms. The second kappa shape index (κ2) is 12.5. The zero-order chi connectivity index (χ0) is 31.4. The van der Waals surface area contributed by atoms with Gasteiger partial charge in [-0.25, -0.2) is 4.98 Å². The summed E-state index contributed by atoms with van der Waals surface area (Å²) in [6.07, 6.45) is -5.77. The summed E-state index contributed by atoms with van der Waals surface area (Å²) in [5, 5.41) is 12.7. The Balaban J connectivity index is 0.000000541. The molecule has 1 N–H and O–H groups in total. The molecule has 228 valence electrons. The van der Waals surface area contributed by atoms with Crippen LogP contribution in [0.1, 0.15) is 24.1 Å². The van der Waals surface area contributed by atoms with Crippen LogP contribution >= 0.6 is 0 Å². The molecular formula is C27H23F6N5O5. The molecule has 0 amide bonds. The van der Waals surface area contributed by atoms with E-state index in [1.54, 1.807) is 16.7 Å². The Hall–Kier alpha value is -4.89. The molecule has 1 aliphatic heterocycles. The number of benzene rings is 1. The summed E-state index contributed by atoms with van der Waals surface area (Å²) in [6, 6.07) is 12.5. The minimum Gasteiger partial charge on any atom is -0.542 e. The summed E-state index contributed by atoms with van der Waals surface area (Å²) in [5.74, 6) is -2.17. The van der Waals surface area contributed by atoms with E-state index < -0.39 is 18.5 Å². The average molecular weight is 611 g/mol. The molecule has 1 aromatic carbocycles. The van der Waals surface area contributed by atoms with Gasteiger partial charge in [0.25, 0.3) is 17.3 Å². The van der Waals surface area contributed by atoms with Gasteiger partial charge in [0.05, 0.1) is 25.8 Å². The van der Waals surface area contributed by atoms with E-state index in [0.29, 0.717) is 12.1 Å². The zero-order valence-electron chi connectivity index (χ0n) is 22.3. The number of alkyl halides is 6. The molecule has 1 aliphatic rings. The fourth-order valence-electron chi connectivity index (χ4n) is 4.21. The first-order valence-electron chi connectivity index (χ1n) is 12.7. The molecule has 0 saturated carbocycles. The highest BCUT2D eigenvalue weighted by Crippen LogP contribution is 2.26. The smallest absolute Gasteiger partial charge is 0.542 e. The number of carbonyl (C=O) groups is 1. The lowest BCUT2D eigenvalue weighted by Crippen LogP contribution is -2.37. The maximum absolute atomic E-state index is 13.4. The van der Waals surface area contributed by atoms with Gasteiger partial charge in [-0.2, -0.15) is 18.2 Å². The van der Waals surface area contributed by atoms with Crippen molar-refractivity contribution in [2.45, 2.75) is 38.8 Å². The van der Waals surface area contributed by atoms with Crippen molar-refractivity contribution >= 4 is 11.8 Å². The lowest BCUT2D eigenvalue weighted by atomic mass is 10.2. The first kappa shape index (κ1) is 31.1. The van der Waals surface area contributed by atoms with Gasteiger partial charge in [-0.3, -0.25) is 9.69 Å². The number of aliphatic carboxylic acids is 1. The molecule has 0 atom stereocenters. The fourth-order valence-corrected chi connectivity index (χ4v) is 4.21. The third-order valence-corrected chi connectivity index (χ3v) is 6.26. The van der Waals surface area contributed by atoms with E-state index in [-0.39, 0.29) is 28.6 Å². The largest absolute Gasteiger partial charge is 0.573 e. The number of nitrogens with one attached hydrogen (secondary N) is 1. The van der Waals surface area contributed by atoms with E-state index >= 15 is 0 Å². The van der Waals surface area contributed by atoms with E-state index in [1.165, 1.54) is 12.1 Å². The van der Waals surface area contributed by atoms with Gasteiger partial charge in [0, 0.05) is 17.3 Å². The van der Waals surface area contributed by atoms with E-state index in [2.05, 4.69) is 30.8 Å². The van der Waals surface area contributed by atoms with Gasteiger partial charge >= 0.3 is 12.5 Å². The van der Waals surface area contributed by atoms with Crippen LogP contribution in [0, 0.1) is 6.92 Å². The summed E-state index contributed by atoms with van der Waals surface area (Å²) < 4.78 is 79.6. The molecule has 5 rings (SSSR count). The summed E-state index contributed by atoms with van der Waals surface area (Å²) in [6.45, 7) is 4.24. The molecule has 1 fully saturated rings. The van der Waals surface area contributed by atoms with Crippen LogP contribution < -0.4 is 25.3 Å². The summed E-state index contributed by atoms with van der Waals surface area (Å²) in [7, 11) is 0. The van der Waals surface area contributed by atoms with Crippen LogP contribution in [0.2, 0.25) is 0 Å². The average Bonchev–Trinajstić information content (AvgIpc) is 3.64. The first-order valence-corrected chi connectivity index (χ1v) is 12.7. The molecule has 0 spiro atoms. The number of pyridine rings is 2. The SMILES string of the molecule is Cc1ccc(-c2nc(-c3ccc(OC(F)(F)F)cc3)no2)c(=O)n1Cc1cc[nH+]c(N2CCCC2)c1.O=C([O-])C(F)(F)F. The highest BCUT2D eigenvalue weighted by Gasteiger charge is 2.31. The molecular weight excluding hydrogens is 588 g/mol. The fraction of sp³-hybridized carbons (Fsp3) is 0.296. The highest BCUT2D eigenvalue weighted by atomic mass is 19.4. The van der Waals surface area contributed by atoms with Crippen molar-refractivity contribution < 1.29 is 50.5 Å². The van der Waals surface area contributed by atoms with Crippen molar-refractivity contribution in [3.8, 4) is 28.6 Å². The van der Waals surface area contributed by atoms with Crippen LogP contribution in [0.4, 0.5) is 32.2 Å². The molecule has 3 aromatic heterocycles. The second-order valence-electron chi connectivity index (χ2n) is 9.34. The van der Waals surface area contributed by atoms with Gasteiger partial charge in [0.2, 0.25) is 5.82 Å². The molecule has 0 aliphatic carbocycles. The number of carbonyl (C=O) groups excluding carboxylic acids is 1. The van der Waals surface area contributed by atoms with Crippen molar-refractivity contribution in [1.82, 2.24) is 14.7 Å². The van der Waals surface area contributed by atoms with Crippen molar-refractivity contribution in [1.29, 1.82) is 0 Å². The van der Waals surface area contributed by atoms with Gasteiger partial charge in [0.1, 0.15) is 17.3 Å². The molecule has 4 heterocycles. The topological polar surface area (TPSA) is 128 Å². The van der Waals surface area contributed by atoms with Gasteiger partial charge in [0.15, 0.2) is 0 Å². The number of aromatic nitrogens is 4. The van der Waals surface area contributed by atoms with Crippen molar-refractivity contribution in [2.24, 2.45) is 0 Å². The third-order valence-electron chi connectivity index (χ3n) is 6.26. The van der Waals surface area contributed by atoms with Gasteiger partial charge < -0.3 is 23.7 Å². The summed E-state index contributed by atoms with van der Waals surface area (Å²) >= 11 is 0. The number of anilines is 1. The predicted octanol–water partition coefficient (Wildman–Crippen LogP) is 3.53. The van der Waals surface area contributed by atoms with E-state index in [4.69, 9.17) is 14.4 Å². The first-order chi connectivity index (χ1) is 20.2. The number of halogens is 6. The van der Waals surface area contributed by atoms with E-state index in [1.807, 2.05) is 19.2 Å². The summed E-state index contributed by atoms with van der Waals surface area (Å²) in [4.78, 5) is 32.0. The zero-order valence-corrected chi connectivity index (χ0v) is 22.3. The standard InChI is InChI=1S/C25H22F3N5O3.C2HF3O2/c1-16-4-9-20(23-30-22(31-36-23)18-5-7-19(8-6-18)35-25(26,27)28)24(34)33(16)15-17-10-11-29-21(14-17)32-12-2-3-13-32;3-2(4,5)1(6)7/h4-11,14H,2-3,12-13,15H2,1H3;(H,6,7). The number of aromatic amines is 1. The molecule has 0 bridgehead atoms. The quantitative estimate of drug-likeness (QED) is 0.303. The number of carboxylic acid groups (broad SMARTS) is 1. The van der Waals surface area contributed by atoms with Crippen LogP contribution in [0.25, 0.3) is 22.8 Å². The Bertz CT molecular complexity index is 1630. The number of carboxylic acids is 1. The Morgan fingerprint density at radius 3 is 2.30 bits per heavy atom. The molecule has 4 aromatic rings. The lowest BCUT2D eigenvalue weighted by Gasteiger charge is -2.13. The van der Waals surface area contributed by atoms with Crippen molar-refractivity contribution in [3.63, 3.8) is 0 Å². The molecule has 10 nitrogen and oxygen atoms in total. The minimum atomic E-state index is -5.19. The van der Waals surface area contributed by atoms with Gasteiger partial charge in [-0.15, -0.1) is 13.2 Å². The van der Waals surface area contributed by atoms with Crippen molar-refractivity contribution in [3.05, 3.63) is 76.3 Å². The Morgan fingerprint density at radius 2 is 1.70 bits per heavy atom. The number of hydrogen-bond donors (Lipinski definition) is 0. The molecule has 1 saturated heterocycles. The van der Waals surface area contributed by atoms with Gasteiger partial charge in [-0.1, -0.05) is 5.16 Å². The predicted molar refractivity (Wildman–Crippen MR) is 135 cm³/mol. The Morgan fingerprint density at radius 1 is 1.05 bits per heavy atom. The van der Waals surface area contributed by atoms with Crippen LogP contribution in [0.5, 0.6) is 5.75 Å². The van der Waals surface area contributed by atoms with Gasteiger partial charge in [-0.05, 0) is 67.8 Å². The third kappa shape index (κ3) is 8.11. The van der Waals surface area contributed by atoms with E-state index in [0.717, 1.165) is 55.1 Å². The highest BCUT2D eigenvalue weighted by molar-refractivity contribution is 5.70. The van der Waals surface area contributed by atoms with Crippen LogP contribution in [0.15, 0.2) is 64.0 Å². The van der Waals surface area contributed by atoms with Crippen LogP contribution in [-0.2, 0) is 11.3 Å². The molecule has 0 radical (unpaired) electrons. The van der Waals surface area contributed by atoms with Crippen LogP contribution in [-0.4, -0.2) is 46.3 Å². The molecule has 43 heavy (non-hydrogen) atoms. The summed E-state index contributed by atoms with van der Waals surface area (Å²) in [5.41, 5.74) is 2.12. The number of ether oxygens (including phenoxy) is 1. The minimum absolute atomic E-state index is 0.0264. The number of H-pyrrole nitrogens is 1. The number of rotatable bonds is 6. The van der Waals surface area contributed by atoms with E-state index in [9.17, 15) is 31.1 Å². The Labute approximate surface area is 239 Å². The molecule has 0 unspecified atom stereocenters. The second-order valence-corrected chi connectivity index (χ2v) is 9.34. The van der Waals surface area contributed by atoms with Crippen LogP contribution in [0.3, 0.4) is 0 Å². The number of aryl methyl sites for hydroxylation is 1. The number of nitrogens with zero attached hydrogens (tertiary/aromatic N) is 4.